The fourth-order valence-electron chi connectivity index (χ4n) is 4.19. The molecular weight excluding hydrogens is 600 g/mol. The number of aromatic nitrogens is 5. The molecule has 0 bridgehead atoms. The number of anilines is 1. The van der Waals surface area contributed by atoms with Crippen LogP contribution in [0.4, 0.5) is 40.8 Å². The molecule has 230 valence electrons. The molecule has 18 heteroatoms. The van der Waals surface area contributed by atoms with Crippen LogP contribution in [0.15, 0.2) is 52.6 Å². The van der Waals surface area contributed by atoms with Crippen LogP contribution in [-0.4, -0.2) is 50.6 Å². The first-order chi connectivity index (χ1) is 20.3. The number of alkyl halides is 7. The smallest absolute Gasteiger partial charge is 0.415 e. The average Bonchev–Trinajstić information content (AvgIpc) is 2.92. The van der Waals surface area contributed by atoms with Crippen molar-refractivity contribution in [3.63, 3.8) is 0 Å². The number of nitrogens with zero attached hydrogens (tertiary/aromatic N) is 4. The molecule has 10 nitrogen and oxygen atoms in total. The Bertz CT molecular complexity index is 1680. The summed E-state index contributed by atoms with van der Waals surface area (Å²) in [6.45, 7) is -7.12. The summed E-state index contributed by atoms with van der Waals surface area (Å²) in [6.07, 6.45) is -1.13. The zero-order valence-corrected chi connectivity index (χ0v) is 21.5. The standard InChI is InChI=1S/C25H20F8N6O4/c26-16-7-14-12(6-15(16)17-8-35-19(10-34-17)43-24(29)30)3-5-39(22(14)41)4-1-2-13(11-42-23(27)28)37-18-9-36-38-21(40)20(18)25(31,32)33/h3,5-10,13,23-24H,1-2,4,11H2,(H2,37,38,40). The molecule has 0 spiro atoms. The predicted octanol–water partition coefficient (Wildman–Crippen LogP) is 4.80. The summed E-state index contributed by atoms with van der Waals surface area (Å²) in [6, 6.07) is 2.60. The van der Waals surface area contributed by atoms with Crippen molar-refractivity contribution < 1.29 is 44.6 Å². The van der Waals surface area contributed by atoms with Gasteiger partial charge in [-0.15, -0.1) is 0 Å². The van der Waals surface area contributed by atoms with E-state index >= 15 is 0 Å². The maximum atomic E-state index is 14.9. The van der Waals surface area contributed by atoms with E-state index < -0.39 is 66.1 Å². The zero-order chi connectivity index (χ0) is 31.3. The van der Waals surface area contributed by atoms with Crippen molar-refractivity contribution in [2.45, 2.75) is 44.8 Å². The third-order valence-electron chi connectivity index (χ3n) is 6.05. The van der Waals surface area contributed by atoms with Gasteiger partial charge in [-0.2, -0.15) is 35.8 Å². The Hall–Kier alpha value is -4.61. The van der Waals surface area contributed by atoms with Gasteiger partial charge in [-0.1, -0.05) is 0 Å². The Morgan fingerprint density at radius 1 is 1.02 bits per heavy atom. The van der Waals surface area contributed by atoms with Crippen LogP contribution in [0, 0.1) is 5.82 Å². The second-order valence-corrected chi connectivity index (χ2v) is 8.92. The van der Waals surface area contributed by atoms with Gasteiger partial charge in [-0.05, 0) is 36.4 Å². The number of hydrogen-bond acceptors (Lipinski definition) is 8. The Morgan fingerprint density at radius 2 is 1.79 bits per heavy atom. The molecule has 0 amide bonds. The van der Waals surface area contributed by atoms with Gasteiger partial charge < -0.3 is 19.4 Å². The van der Waals surface area contributed by atoms with Crippen molar-refractivity contribution >= 4 is 16.5 Å². The van der Waals surface area contributed by atoms with E-state index in [1.54, 1.807) is 5.10 Å². The number of aromatic amines is 1. The van der Waals surface area contributed by atoms with Crippen molar-refractivity contribution in [1.29, 1.82) is 0 Å². The molecule has 0 radical (unpaired) electrons. The number of fused-ring (bicyclic) bond motifs is 1. The van der Waals surface area contributed by atoms with Gasteiger partial charge in [-0.3, -0.25) is 9.59 Å². The number of halogens is 8. The summed E-state index contributed by atoms with van der Waals surface area (Å²) in [7, 11) is 0. The highest BCUT2D eigenvalue weighted by Crippen LogP contribution is 2.32. The fourth-order valence-corrected chi connectivity index (χ4v) is 4.19. The van der Waals surface area contributed by atoms with Crippen molar-refractivity contribution in [2.24, 2.45) is 0 Å². The third kappa shape index (κ3) is 7.82. The Balaban J connectivity index is 1.51. The van der Waals surface area contributed by atoms with Crippen LogP contribution in [0.25, 0.3) is 22.0 Å². The van der Waals surface area contributed by atoms with E-state index in [2.05, 4.69) is 29.9 Å². The van der Waals surface area contributed by atoms with Crippen molar-refractivity contribution in [1.82, 2.24) is 24.7 Å². The second-order valence-electron chi connectivity index (χ2n) is 8.92. The quantitative estimate of drug-likeness (QED) is 0.217. The normalized spacial score (nSPS) is 12.7. The van der Waals surface area contributed by atoms with Crippen LogP contribution in [0.3, 0.4) is 0 Å². The summed E-state index contributed by atoms with van der Waals surface area (Å²) < 4.78 is 115. The Kier molecular flexibility index (Phi) is 9.57. The summed E-state index contributed by atoms with van der Waals surface area (Å²) in [4.78, 5) is 32.2. The monoisotopic (exact) mass is 620 g/mol. The predicted molar refractivity (Wildman–Crippen MR) is 134 cm³/mol. The van der Waals surface area contributed by atoms with Crippen LogP contribution >= 0.6 is 0 Å². The number of aryl methyl sites for hydroxylation is 1. The van der Waals surface area contributed by atoms with Crippen molar-refractivity contribution in [3.8, 4) is 17.1 Å². The van der Waals surface area contributed by atoms with Gasteiger partial charge in [0.2, 0.25) is 5.88 Å². The van der Waals surface area contributed by atoms with Crippen molar-refractivity contribution in [3.05, 3.63) is 75.1 Å². The summed E-state index contributed by atoms with van der Waals surface area (Å²) in [5.74, 6) is -1.34. The molecule has 4 rings (SSSR count). The molecule has 0 fully saturated rings. The highest BCUT2D eigenvalue weighted by Gasteiger charge is 2.37. The molecule has 1 unspecified atom stereocenters. The minimum Gasteiger partial charge on any atom is -0.415 e. The van der Waals surface area contributed by atoms with Gasteiger partial charge in [0.05, 0.1) is 42.0 Å². The van der Waals surface area contributed by atoms with E-state index in [9.17, 15) is 44.7 Å². The van der Waals surface area contributed by atoms with Crippen molar-refractivity contribution in [2.75, 3.05) is 11.9 Å². The van der Waals surface area contributed by atoms with Gasteiger partial charge in [0.1, 0.15) is 11.4 Å². The summed E-state index contributed by atoms with van der Waals surface area (Å²) >= 11 is 0. The van der Waals surface area contributed by atoms with Gasteiger partial charge in [-0.25, -0.2) is 19.5 Å². The molecular formula is C25H20F8N6O4. The number of rotatable bonds is 12. The lowest BCUT2D eigenvalue weighted by Crippen LogP contribution is -2.32. The molecule has 0 aliphatic heterocycles. The van der Waals surface area contributed by atoms with Crippen LogP contribution < -0.4 is 21.2 Å². The maximum absolute atomic E-state index is 14.9. The second kappa shape index (κ2) is 13.1. The SMILES string of the molecule is O=c1[nH]ncc(NC(CCCn2ccc3cc(-c4cnc(OC(F)F)cn4)c(F)cc3c2=O)COC(F)F)c1C(F)(F)F. The summed E-state index contributed by atoms with van der Waals surface area (Å²) in [5, 5.41) is 7.62. The van der Waals surface area contributed by atoms with E-state index in [1.165, 1.54) is 22.9 Å². The molecule has 0 aliphatic carbocycles. The third-order valence-corrected chi connectivity index (χ3v) is 6.05. The first-order valence-electron chi connectivity index (χ1n) is 12.2. The van der Waals surface area contributed by atoms with E-state index in [0.29, 0.717) is 11.6 Å². The number of ether oxygens (including phenoxy) is 2. The van der Waals surface area contributed by atoms with Gasteiger partial charge >= 0.3 is 19.4 Å². The molecule has 1 atom stereocenters. The molecule has 3 heterocycles. The Morgan fingerprint density at radius 3 is 2.44 bits per heavy atom. The molecule has 0 aliphatic rings. The lowest BCUT2D eigenvalue weighted by atomic mass is 10.1. The highest BCUT2D eigenvalue weighted by molar-refractivity contribution is 5.86. The summed E-state index contributed by atoms with van der Waals surface area (Å²) in [5.41, 5.74) is -4.58. The minimum atomic E-state index is -5.07. The van der Waals surface area contributed by atoms with E-state index in [-0.39, 0.29) is 36.0 Å². The van der Waals surface area contributed by atoms with Gasteiger partial charge in [0, 0.05) is 24.3 Å². The first kappa shape index (κ1) is 31.3. The van der Waals surface area contributed by atoms with Crippen LogP contribution in [0.5, 0.6) is 5.88 Å². The highest BCUT2D eigenvalue weighted by atomic mass is 19.4. The number of benzene rings is 1. The van der Waals surface area contributed by atoms with Crippen LogP contribution in [-0.2, 0) is 17.5 Å². The Labute approximate surface area is 235 Å². The van der Waals surface area contributed by atoms with Crippen LogP contribution in [0.1, 0.15) is 18.4 Å². The zero-order valence-electron chi connectivity index (χ0n) is 21.5. The van der Waals surface area contributed by atoms with Gasteiger partial charge in [0.15, 0.2) is 0 Å². The minimum absolute atomic E-state index is 0.0148. The number of H-pyrrole nitrogens is 1. The largest absolute Gasteiger partial charge is 0.423 e. The molecule has 0 saturated carbocycles. The number of pyridine rings is 1. The molecule has 43 heavy (non-hydrogen) atoms. The molecule has 3 aromatic heterocycles. The molecule has 2 N–H and O–H groups in total. The van der Waals surface area contributed by atoms with E-state index in [4.69, 9.17) is 0 Å². The first-order valence-corrected chi connectivity index (χ1v) is 12.2. The fraction of sp³-hybridized carbons (Fsp3) is 0.320. The molecule has 1 aromatic carbocycles. The van der Waals surface area contributed by atoms with E-state index in [1.807, 2.05) is 0 Å². The van der Waals surface area contributed by atoms with Gasteiger partial charge in [0.25, 0.3) is 11.1 Å². The lowest BCUT2D eigenvalue weighted by Gasteiger charge is -2.22. The van der Waals surface area contributed by atoms with E-state index in [0.717, 1.165) is 18.5 Å². The maximum Gasteiger partial charge on any atom is 0.423 e. The molecule has 4 aromatic rings. The number of nitrogens with one attached hydrogen (secondary N) is 2. The molecule has 0 saturated heterocycles. The topological polar surface area (TPSA) is 124 Å². The lowest BCUT2D eigenvalue weighted by molar-refractivity contribution is -0.138. The average molecular weight is 620 g/mol. The number of hydrogen-bond donors (Lipinski definition) is 2. The van der Waals surface area contributed by atoms with Crippen LogP contribution in [0.2, 0.25) is 0 Å².